The van der Waals surface area contributed by atoms with Crippen LogP contribution in [0.2, 0.25) is 0 Å². The summed E-state index contributed by atoms with van der Waals surface area (Å²) in [6, 6.07) is 16.6. The second-order valence-corrected chi connectivity index (χ2v) is 8.83. The van der Waals surface area contributed by atoms with Crippen LogP contribution in [0.15, 0.2) is 74.5 Å². The number of nitro benzene ring substituents is 1. The van der Waals surface area contributed by atoms with Gasteiger partial charge in [0.2, 0.25) is 0 Å². The maximum atomic E-state index is 13.0. The Labute approximate surface area is 203 Å². The van der Waals surface area contributed by atoms with E-state index >= 15 is 0 Å². The largest absolute Gasteiger partial charge is 0.461 e. The maximum absolute atomic E-state index is 13.0. The summed E-state index contributed by atoms with van der Waals surface area (Å²) in [6.45, 7) is 0. The Balaban J connectivity index is 1.61. The molecule has 1 aliphatic rings. The van der Waals surface area contributed by atoms with Crippen molar-refractivity contribution in [1.29, 1.82) is 0 Å². The molecule has 34 heavy (non-hydrogen) atoms. The molecule has 0 fully saturated rings. The van der Waals surface area contributed by atoms with Crippen LogP contribution in [0.25, 0.3) is 11.0 Å². The monoisotopic (exact) mass is 518 g/mol. The molecule has 7 nitrogen and oxygen atoms in total. The number of nitro groups is 1. The number of halogens is 1. The summed E-state index contributed by atoms with van der Waals surface area (Å²) in [7, 11) is 0. The van der Waals surface area contributed by atoms with Gasteiger partial charge >= 0.3 is 5.97 Å². The van der Waals surface area contributed by atoms with E-state index in [4.69, 9.17) is 9.15 Å². The van der Waals surface area contributed by atoms with Crippen molar-refractivity contribution >= 4 is 50.5 Å². The molecule has 0 spiro atoms. The van der Waals surface area contributed by atoms with Gasteiger partial charge in [0, 0.05) is 41.3 Å². The Morgan fingerprint density at radius 1 is 1.09 bits per heavy atom. The second kappa shape index (κ2) is 9.23. The molecule has 1 heterocycles. The minimum absolute atomic E-state index is 0.0974. The van der Waals surface area contributed by atoms with Crippen LogP contribution in [0.1, 0.15) is 40.1 Å². The van der Waals surface area contributed by atoms with E-state index in [0.29, 0.717) is 21.4 Å². The van der Waals surface area contributed by atoms with E-state index < -0.39 is 10.9 Å². The minimum atomic E-state index is -0.623. The number of non-ortho nitro benzene ring substituents is 1. The zero-order valence-electron chi connectivity index (χ0n) is 18.0. The number of ether oxygens (including phenoxy) is 1. The predicted octanol–water partition coefficient (Wildman–Crippen LogP) is 6.95. The lowest BCUT2D eigenvalue weighted by molar-refractivity contribution is -0.384. The van der Waals surface area contributed by atoms with Gasteiger partial charge in [-0.25, -0.2) is 4.79 Å². The molecule has 8 heteroatoms. The third-order valence-electron chi connectivity index (χ3n) is 5.79. The van der Waals surface area contributed by atoms with Gasteiger partial charge in [-0.2, -0.15) is 0 Å². The molecule has 0 atom stereocenters. The van der Waals surface area contributed by atoms with Crippen molar-refractivity contribution in [3.63, 3.8) is 0 Å². The lowest BCUT2D eigenvalue weighted by Crippen LogP contribution is -2.11. The van der Waals surface area contributed by atoms with Gasteiger partial charge in [-0.15, -0.1) is 0 Å². The molecule has 0 N–H and O–H groups in total. The number of hydrogen-bond donors (Lipinski definition) is 0. The standard InChI is InChI=1S/C26H19BrN2O5/c27-21-14-23-24(19-8-4-5-9-22(19)33-23)20(15-28-17-6-2-1-3-7-17)25(21)34-26(30)16-10-12-18(13-11-16)29(31)32/h1-3,6-7,10-15H,4-5,8-9H2. The highest BCUT2D eigenvalue weighted by Gasteiger charge is 2.25. The van der Waals surface area contributed by atoms with Gasteiger partial charge in [0.25, 0.3) is 5.69 Å². The SMILES string of the molecule is O=C(Oc1c(Br)cc2oc3c(c2c1C=Nc1ccccc1)CCCC3)c1ccc([N+](=O)[O-])cc1. The Morgan fingerprint density at radius 2 is 1.82 bits per heavy atom. The number of benzene rings is 3. The quantitative estimate of drug-likeness (QED) is 0.0935. The van der Waals surface area contributed by atoms with Gasteiger partial charge in [0.15, 0.2) is 5.75 Å². The van der Waals surface area contributed by atoms with E-state index in [9.17, 15) is 14.9 Å². The van der Waals surface area contributed by atoms with Crippen molar-refractivity contribution in [3.8, 4) is 5.75 Å². The van der Waals surface area contributed by atoms with Crippen molar-refractivity contribution < 1.29 is 18.9 Å². The molecule has 4 aromatic rings. The summed E-state index contributed by atoms with van der Waals surface area (Å²) < 4.78 is 12.5. The number of aliphatic imine (C=N–C) groups is 1. The van der Waals surface area contributed by atoms with Crippen LogP contribution in [0.4, 0.5) is 11.4 Å². The van der Waals surface area contributed by atoms with Crippen LogP contribution >= 0.6 is 15.9 Å². The van der Waals surface area contributed by atoms with Gasteiger partial charge < -0.3 is 9.15 Å². The molecule has 0 bridgehead atoms. The Kier molecular flexibility index (Phi) is 5.98. The van der Waals surface area contributed by atoms with Gasteiger partial charge in [0.05, 0.1) is 20.6 Å². The number of fused-ring (bicyclic) bond motifs is 3. The van der Waals surface area contributed by atoms with E-state index in [0.717, 1.165) is 48.1 Å². The topological polar surface area (TPSA) is 94.9 Å². The summed E-state index contributed by atoms with van der Waals surface area (Å²) in [5.74, 6) is 0.660. The highest BCUT2D eigenvalue weighted by atomic mass is 79.9. The highest BCUT2D eigenvalue weighted by Crippen LogP contribution is 2.41. The zero-order valence-corrected chi connectivity index (χ0v) is 19.6. The van der Waals surface area contributed by atoms with E-state index in [1.54, 1.807) is 6.21 Å². The van der Waals surface area contributed by atoms with Crippen LogP contribution in [0.3, 0.4) is 0 Å². The van der Waals surface area contributed by atoms with Gasteiger partial charge in [-0.05, 0) is 65.5 Å². The predicted molar refractivity (Wildman–Crippen MR) is 132 cm³/mol. The van der Waals surface area contributed by atoms with Crippen LogP contribution in [0.5, 0.6) is 5.75 Å². The van der Waals surface area contributed by atoms with Crippen molar-refractivity contribution in [1.82, 2.24) is 0 Å². The molecule has 1 aliphatic carbocycles. The second-order valence-electron chi connectivity index (χ2n) is 7.97. The minimum Gasteiger partial charge on any atom is -0.461 e. The first-order valence-electron chi connectivity index (χ1n) is 10.8. The molecular weight excluding hydrogens is 500 g/mol. The molecule has 0 unspecified atom stereocenters. The van der Waals surface area contributed by atoms with Crippen molar-refractivity contribution in [3.05, 3.63) is 97.7 Å². The summed E-state index contributed by atoms with van der Waals surface area (Å²) in [5.41, 5.74) is 3.35. The number of aryl methyl sites for hydroxylation is 2. The summed E-state index contributed by atoms with van der Waals surface area (Å²) >= 11 is 3.53. The molecule has 0 amide bonds. The third kappa shape index (κ3) is 4.24. The number of carbonyl (C=O) groups excluding carboxylic acids is 1. The van der Waals surface area contributed by atoms with Gasteiger partial charge in [-0.3, -0.25) is 15.1 Å². The fourth-order valence-electron chi connectivity index (χ4n) is 4.16. The van der Waals surface area contributed by atoms with E-state index in [-0.39, 0.29) is 11.3 Å². The van der Waals surface area contributed by atoms with Crippen LogP contribution in [-0.4, -0.2) is 17.1 Å². The molecule has 3 aromatic carbocycles. The van der Waals surface area contributed by atoms with Crippen molar-refractivity contribution in [2.45, 2.75) is 25.7 Å². The summed E-state index contributed by atoms with van der Waals surface area (Å²) in [6.07, 6.45) is 5.58. The average Bonchev–Trinajstić information content (AvgIpc) is 3.22. The normalized spacial score (nSPS) is 13.2. The highest BCUT2D eigenvalue weighted by molar-refractivity contribution is 9.10. The zero-order chi connectivity index (χ0) is 23.7. The van der Waals surface area contributed by atoms with Gasteiger partial charge in [0.1, 0.15) is 11.3 Å². The molecule has 5 rings (SSSR count). The molecule has 0 aliphatic heterocycles. The first-order chi connectivity index (χ1) is 16.5. The molecule has 0 saturated carbocycles. The molecule has 1 aromatic heterocycles. The summed E-state index contributed by atoms with van der Waals surface area (Å²) in [5, 5.41) is 11.8. The van der Waals surface area contributed by atoms with Crippen LogP contribution in [-0.2, 0) is 12.8 Å². The smallest absolute Gasteiger partial charge is 0.343 e. The third-order valence-corrected chi connectivity index (χ3v) is 6.38. The van der Waals surface area contributed by atoms with Gasteiger partial charge in [-0.1, -0.05) is 18.2 Å². The number of rotatable bonds is 5. The van der Waals surface area contributed by atoms with Crippen molar-refractivity contribution in [2.24, 2.45) is 4.99 Å². The van der Waals surface area contributed by atoms with Crippen molar-refractivity contribution in [2.75, 3.05) is 0 Å². The number of nitrogens with zero attached hydrogens (tertiary/aromatic N) is 2. The first-order valence-corrected chi connectivity index (χ1v) is 11.6. The number of para-hydroxylation sites is 1. The van der Waals surface area contributed by atoms with E-state index in [1.807, 2.05) is 36.4 Å². The number of furan rings is 1. The molecular formula is C26H19BrN2O5. The Morgan fingerprint density at radius 3 is 2.56 bits per heavy atom. The van der Waals surface area contributed by atoms with E-state index in [1.165, 1.54) is 24.3 Å². The Bertz CT molecular complexity index is 1430. The number of hydrogen-bond acceptors (Lipinski definition) is 6. The molecule has 0 radical (unpaired) electrons. The Hall–Kier alpha value is -3.78. The number of carbonyl (C=O) groups is 1. The summed E-state index contributed by atoms with van der Waals surface area (Å²) in [4.78, 5) is 28.0. The number of esters is 1. The van der Waals surface area contributed by atoms with Crippen LogP contribution in [0, 0.1) is 10.1 Å². The average molecular weight is 519 g/mol. The van der Waals surface area contributed by atoms with Crippen LogP contribution < -0.4 is 4.74 Å². The molecule has 170 valence electrons. The maximum Gasteiger partial charge on any atom is 0.343 e. The molecule has 0 saturated heterocycles. The first kappa shape index (κ1) is 22.0. The lowest BCUT2D eigenvalue weighted by Gasteiger charge is -2.13. The fraction of sp³-hybridized carbons (Fsp3) is 0.154. The van der Waals surface area contributed by atoms with E-state index in [2.05, 4.69) is 20.9 Å². The lowest BCUT2D eigenvalue weighted by atomic mass is 9.94. The fourth-order valence-corrected chi connectivity index (χ4v) is 4.66.